The largest absolute Gasteiger partial charge is 0.244 e. The topological polar surface area (TPSA) is 61.2 Å². The van der Waals surface area contributed by atoms with Crippen molar-refractivity contribution in [2.75, 3.05) is 6.54 Å². The zero-order chi connectivity index (χ0) is 13.1. The summed E-state index contributed by atoms with van der Waals surface area (Å²) in [5.74, 6) is 0. The summed E-state index contributed by atoms with van der Waals surface area (Å²) in [6.45, 7) is 5.80. The van der Waals surface area contributed by atoms with Gasteiger partial charge in [-0.25, -0.2) is 8.42 Å². The third kappa shape index (κ3) is 2.65. The summed E-state index contributed by atoms with van der Waals surface area (Å²) in [6, 6.07) is 8.05. The molecule has 5 heteroatoms. The van der Waals surface area contributed by atoms with Gasteiger partial charge in [-0.05, 0) is 26.0 Å². The number of nitriles is 1. The van der Waals surface area contributed by atoms with Crippen molar-refractivity contribution in [3.05, 3.63) is 29.8 Å². The Hall–Kier alpha value is -1.38. The summed E-state index contributed by atoms with van der Waals surface area (Å²) in [4.78, 5) is 0.0815. The molecule has 1 aromatic carbocycles. The molecule has 1 aromatic rings. The van der Waals surface area contributed by atoms with E-state index in [2.05, 4.69) is 0 Å². The maximum Gasteiger partial charge on any atom is 0.244 e. The van der Waals surface area contributed by atoms with Crippen LogP contribution in [0.5, 0.6) is 0 Å². The summed E-state index contributed by atoms with van der Waals surface area (Å²) in [6.07, 6.45) is 0. The molecule has 0 radical (unpaired) electrons. The van der Waals surface area contributed by atoms with Gasteiger partial charge in [0, 0.05) is 12.6 Å². The average molecular weight is 252 g/mol. The van der Waals surface area contributed by atoms with Crippen molar-refractivity contribution >= 4 is 10.0 Å². The van der Waals surface area contributed by atoms with E-state index in [4.69, 9.17) is 5.26 Å². The molecular weight excluding hydrogens is 236 g/mol. The number of benzene rings is 1. The molecule has 4 nitrogen and oxygen atoms in total. The first-order chi connectivity index (χ1) is 7.95. The fraction of sp³-hybridized carbons (Fsp3) is 0.417. The Kier molecular flexibility index (Phi) is 4.27. The second-order valence-electron chi connectivity index (χ2n) is 3.91. The van der Waals surface area contributed by atoms with Crippen LogP contribution >= 0.6 is 0 Å². The van der Waals surface area contributed by atoms with Gasteiger partial charge in [0.25, 0.3) is 0 Å². The van der Waals surface area contributed by atoms with Gasteiger partial charge in [0.1, 0.15) is 6.07 Å². The highest BCUT2D eigenvalue weighted by Crippen LogP contribution is 2.21. The zero-order valence-electron chi connectivity index (χ0n) is 10.2. The van der Waals surface area contributed by atoms with E-state index in [9.17, 15) is 8.42 Å². The molecule has 0 amide bonds. The van der Waals surface area contributed by atoms with Crippen LogP contribution in [0.3, 0.4) is 0 Å². The van der Waals surface area contributed by atoms with Crippen LogP contribution in [0.1, 0.15) is 26.3 Å². The van der Waals surface area contributed by atoms with Crippen molar-refractivity contribution in [2.24, 2.45) is 0 Å². The van der Waals surface area contributed by atoms with Crippen LogP contribution in [-0.2, 0) is 10.0 Å². The van der Waals surface area contributed by atoms with Gasteiger partial charge < -0.3 is 0 Å². The predicted molar refractivity (Wildman–Crippen MR) is 65.9 cm³/mol. The minimum atomic E-state index is -3.58. The minimum Gasteiger partial charge on any atom is -0.207 e. The maximum absolute atomic E-state index is 12.4. The SMILES string of the molecule is CCN(C(C)C)S(=O)(=O)c1ccccc1C#N. The van der Waals surface area contributed by atoms with E-state index in [1.807, 2.05) is 19.9 Å². The van der Waals surface area contributed by atoms with Gasteiger partial charge in [0.2, 0.25) is 10.0 Å². The highest BCUT2D eigenvalue weighted by atomic mass is 32.2. The molecule has 0 atom stereocenters. The molecular formula is C12H16N2O2S. The molecule has 0 aliphatic heterocycles. The quantitative estimate of drug-likeness (QED) is 0.823. The fourth-order valence-electron chi connectivity index (χ4n) is 1.72. The lowest BCUT2D eigenvalue weighted by Crippen LogP contribution is -2.37. The van der Waals surface area contributed by atoms with E-state index in [1.165, 1.54) is 16.4 Å². The van der Waals surface area contributed by atoms with Crippen molar-refractivity contribution in [3.63, 3.8) is 0 Å². The third-order valence-corrected chi connectivity index (χ3v) is 4.69. The van der Waals surface area contributed by atoms with Gasteiger partial charge in [0.05, 0.1) is 10.5 Å². The van der Waals surface area contributed by atoms with Crippen molar-refractivity contribution in [3.8, 4) is 6.07 Å². The Morgan fingerprint density at radius 2 is 1.94 bits per heavy atom. The van der Waals surface area contributed by atoms with Crippen molar-refractivity contribution in [1.29, 1.82) is 5.26 Å². The molecule has 0 aliphatic rings. The molecule has 0 fully saturated rings. The third-order valence-electron chi connectivity index (χ3n) is 2.48. The molecule has 0 N–H and O–H groups in total. The molecule has 0 aliphatic carbocycles. The Balaban J connectivity index is 3.36. The first-order valence-electron chi connectivity index (χ1n) is 5.46. The standard InChI is InChI=1S/C12H16N2O2S/c1-4-14(10(2)3)17(15,16)12-8-6-5-7-11(12)9-13/h5-8,10H,4H2,1-3H3. The Morgan fingerprint density at radius 3 is 2.41 bits per heavy atom. The van der Waals surface area contributed by atoms with Crippen LogP contribution in [-0.4, -0.2) is 25.3 Å². The molecule has 17 heavy (non-hydrogen) atoms. The Bertz CT molecular complexity index is 530. The number of hydrogen-bond acceptors (Lipinski definition) is 3. The van der Waals surface area contributed by atoms with Crippen LogP contribution in [0.25, 0.3) is 0 Å². The van der Waals surface area contributed by atoms with E-state index in [0.717, 1.165) is 0 Å². The molecule has 0 heterocycles. The second kappa shape index (κ2) is 5.30. The van der Waals surface area contributed by atoms with E-state index in [1.54, 1.807) is 19.1 Å². The smallest absolute Gasteiger partial charge is 0.207 e. The average Bonchev–Trinajstić information content (AvgIpc) is 2.29. The first kappa shape index (κ1) is 13.7. The maximum atomic E-state index is 12.4. The highest BCUT2D eigenvalue weighted by Gasteiger charge is 2.27. The van der Waals surface area contributed by atoms with Gasteiger partial charge in [-0.2, -0.15) is 9.57 Å². The lowest BCUT2D eigenvalue weighted by molar-refractivity contribution is 0.369. The fourth-order valence-corrected chi connectivity index (χ4v) is 3.51. The molecule has 0 saturated carbocycles. The summed E-state index contributed by atoms with van der Waals surface area (Å²) in [7, 11) is -3.58. The van der Waals surface area contributed by atoms with Crippen molar-refractivity contribution < 1.29 is 8.42 Å². The lowest BCUT2D eigenvalue weighted by atomic mass is 10.2. The molecule has 0 spiro atoms. The van der Waals surface area contributed by atoms with Crippen molar-refractivity contribution in [1.82, 2.24) is 4.31 Å². The Labute approximate surface area is 103 Å². The summed E-state index contributed by atoms with van der Waals surface area (Å²) < 4.78 is 26.1. The number of rotatable bonds is 4. The van der Waals surface area contributed by atoms with Crippen LogP contribution in [0, 0.1) is 11.3 Å². The molecule has 0 unspecified atom stereocenters. The lowest BCUT2D eigenvalue weighted by Gasteiger charge is -2.24. The second-order valence-corrected chi connectivity index (χ2v) is 5.77. The molecule has 0 aromatic heterocycles. The van der Waals surface area contributed by atoms with Crippen LogP contribution < -0.4 is 0 Å². The number of hydrogen-bond donors (Lipinski definition) is 0. The van der Waals surface area contributed by atoms with E-state index in [0.29, 0.717) is 6.54 Å². The van der Waals surface area contributed by atoms with Gasteiger partial charge >= 0.3 is 0 Å². The first-order valence-corrected chi connectivity index (χ1v) is 6.90. The van der Waals surface area contributed by atoms with Gasteiger partial charge in [-0.1, -0.05) is 19.1 Å². The monoisotopic (exact) mass is 252 g/mol. The van der Waals surface area contributed by atoms with Crippen molar-refractivity contribution in [2.45, 2.75) is 31.7 Å². The summed E-state index contributed by atoms with van der Waals surface area (Å²) in [5.41, 5.74) is 0.187. The number of sulfonamides is 1. The van der Waals surface area contributed by atoms with E-state index < -0.39 is 10.0 Å². The molecule has 1 rings (SSSR count). The normalized spacial score (nSPS) is 11.8. The van der Waals surface area contributed by atoms with E-state index in [-0.39, 0.29) is 16.5 Å². The Morgan fingerprint density at radius 1 is 1.35 bits per heavy atom. The van der Waals surface area contributed by atoms with Gasteiger partial charge in [-0.3, -0.25) is 0 Å². The summed E-state index contributed by atoms with van der Waals surface area (Å²) >= 11 is 0. The highest BCUT2D eigenvalue weighted by molar-refractivity contribution is 7.89. The zero-order valence-corrected chi connectivity index (χ0v) is 11.0. The number of nitrogens with zero attached hydrogens (tertiary/aromatic N) is 2. The molecule has 0 bridgehead atoms. The van der Waals surface area contributed by atoms with Crippen LogP contribution in [0.15, 0.2) is 29.2 Å². The minimum absolute atomic E-state index is 0.0815. The van der Waals surface area contributed by atoms with Crippen LogP contribution in [0.2, 0.25) is 0 Å². The van der Waals surface area contributed by atoms with Gasteiger partial charge in [-0.15, -0.1) is 0 Å². The van der Waals surface area contributed by atoms with Crippen LogP contribution in [0.4, 0.5) is 0 Å². The predicted octanol–water partition coefficient (Wildman–Crippen LogP) is 1.98. The summed E-state index contributed by atoms with van der Waals surface area (Å²) in [5, 5.41) is 8.94. The molecule has 92 valence electrons. The molecule has 0 saturated heterocycles. The van der Waals surface area contributed by atoms with E-state index >= 15 is 0 Å². The van der Waals surface area contributed by atoms with Gasteiger partial charge in [0.15, 0.2) is 0 Å².